The SMILES string of the molecule is NC(NC(/N=C/c1ccccc1)c1cccc2c1oc1cc(-c3cccc4c3oc3ccccc34)ccc12)c1ccc2c(c1)sc1ccccc12. The highest BCUT2D eigenvalue weighted by molar-refractivity contribution is 7.25. The number of para-hydroxylation sites is 3. The van der Waals surface area contributed by atoms with Crippen molar-refractivity contribution in [1.82, 2.24) is 5.32 Å². The number of rotatable bonds is 7. The van der Waals surface area contributed by atoms with E-state index in [1.165, 1.54) is 20.2 Å². The van der Waals surface area contributed by atoms with Crippen molar-refractivity contribution in [2.24, 2.45) is 10.7 Å². The molecule has 10 aromatic rings. The molecule has 0 saturated heterocycles. The second-order valence-corrected chi connectivity index (χ2v) is 14.0. The molecular weight excluding hydrogens is 647 g/mol. The van der Waals surface area contributed by atoms with Crippen molar-refractivity contribution in [1.29, 1.82) is 0 Å². The van der Waals surface area contributed by atoms with E-state index < -0.39 is 12.3 Å². The number of furan rings is 2. The first-order valence-electron chi connectivity index (χ1n) is 17.0. The monoisotopic (exact) mass is 677 g/mol. The molecule has 51 heavy (non-hydrogen) atoms. The van der Waals surface area contributed by atoms with Crippen LogP contribution in [0.4, 0.5) is 0 Å². The molecule has 0 saturated carbocycles. The summed E-state index contributed by atoms with van der Waals surface area (Å²) in [6, 6.07) is 52.3. The summed E-state index contributed by atoms with van der Waals surface area (Å²) in [6.45, 7) is 0. The second kappa shape index (κ2) is 12.1. The molecule has 0 spiro atoms. The maximum absolute atomic E-state index is 6.94. The molecule has 0 aliphatic heterocycles. The zero-order valence-corrected chi connectivity index (χ0v) is 28.2. The third-order valence-corrected chi connectivity index (χ3v) is 10.9. The van der Waals surface area contributed by atoms with Gasteiger partial charge in [0.05, 0.1) is 6.17 Å². The highest BCUT2D eigenvalue weighted by Crippen LogP contribution is 2.40. The van der Waals surface area contributed by atoms with Gasteiger partial charge in [0.1, 0.15) is 28.5 Å². The zero-order valence-electron chi connectivity index (χ0n) is 27.4. The number of thiophene rings is 1. The summed E-state index contributed by atoms with van der Waals surface area (Å²) in [5.41, 5.74) is 15.2. The van der Waals surface area contributed by atoms with Gasteiger partial charge in [0.2, 0.25) is 0 Å². The quantitative estimate of drug-likeness (QED) is 0.130. The smallest absolute Gasteiger partial charge is 0.143 e. The predicted molar refractivity (Wildman–Crippen MR) is 213 cm³/mol. The summed E-state index contributed by atoms with van der Waals surface area (Å²) in [5, 5.41) is 10.4. The molecule has 244 valence electrons. The molecule has 7 aromatic carbocycles. The van der Waals surface area contributed by atoms with E-state index in [0.717, 1.165) is 71.7 Å². The zero-order chi connectivity index (χ0) is 33.9. The standard InChI is InChI=1S/C45H31N3O2S/c46-44(29-21-23-34-33-13-5-7-19-40(33)51-41(34)25-29)48-45(47-26-27-10-2-1-3-11-27)37-17-9-16-36-32-22-20-28(24-39(32)50-43(36)37)30-14-8-15-35-31-12-4-6-18-38(31)49-42(30)35/h1-26,44-45,48H,46H2/b47-26+. The first kappa shape index (κ1) is 29.8. The fourth-order valence-electron chi connectivity index (χ4n) is 7.29. The van der Waals surface area contributed by atoms with Crippen LogP contribution >= 0.6 is 11.3 Å². The molecule has 0 bridgehead atoms. The number of nitrogens with zero attached hydrogens (tertiary/aromatic N) is 1. The van der Waals surface area contributed by atoms with Gasteiger partial charge in [0, 0.05) is 59.1 Å². The Balaban J connectivity index is 1.06. The highest BCUT2D eigenvalue weighted by atomic mass is 32.1. The first-order valence-corrected chi connectivity index (χ1v) is 17.9. The molecule has 0 fully saturated rings. The van der Waals surface area contributed by atoms with Crippen LogP contribution in [0.15, 0.2) is 165 Å². The van der Waals surface area contributed by atoms with Crippen LogP contribution in [0.3, 0.4) is 0 Å². The maximum atomic E-state index is 6.94. The molecule has 0 radical (unpaired) electrons. The van der Waals surface area contributed by atoms with Crippen LogP contribution in [0.2, 0.25) is 0 Å². The van der Waals surface area contributed by atoms with Gasteiger partial charge in [-0.05, 0) is 47.0 Å². The van der Waals surface area contributed by atoms with Crippen LogP contribution in [0, 0.1) is 0 Å². The Labute approximate surface area is 297 Å². The lowest BCUT2D eigenvalue weighted by molar-refractivity contribution is 0.465. The number of fused-ring (bicyclic) bond motifs is 9. The summed E-state index contributed by atoms with van der Waals surface area (Å²) in [7, 11) is 0. The van der Waals surface area contributed by atoms with E-state index in [0.29, 0.717) is 0 Å². The van der Waals surface area contributed by atoms with E-state index in [2.05, 4.69) is 108 Å². The van der Waals surface area contributed by atoms with Gasteiger partial charge in [0.15, 0.2) is 0 Å². The highest BCUT2D eigenvalue weighted by Gasteiger charge is 2.22. The van der Waals surface area contributed by atoms with Crippen LogP contribution < -0.4 is 11.1 Å². The number of aliphatic imine (C=N–C) groups is 1. The van der Waals surface area contributed by atoms with Crippen LogP contribution in [-0.4, -0.2) is 6.21 Å². The molecule has 2 unspecified atom stereocenters. The fraction of sp³-hybridized carbons (Fsp3) is 0.0444. The molecular formula is C45H31N3O2S. The van der Waals surface area contributed by atoms with Crippen molar-refractivity contribution in [2.45, 2.75) is 12.3 Å². The number of nitrogens with one attached hydrogen (secondary N) is 1. The normalized spacial score (nSPS) is 13.4. The fourth-order valence-corrected chi connectivity index (χ4v) is 8.45. The third-order valence-electron chi connectivity index (χ3n) is 9.81. The summed E-state index contributed by atoms with van der Waals surface area (Å²) < 4.78 is 15.6. The van der Waals surface area contributed by atoms with Crippen LogP contribution in [0.25, 0.3) is 75.2 Å². The van der Waals surface area contributed by atoms with E-state index in [1.807, 2.05) is 54.7 Å². The Hall–Kier alpha value is -6.05. The van der Waals surface area contributed by atoms with Crippen LogP contribution in [-0.2, 0) is 0 Å². The molecule has 10 rings (SSSR count). The molecule has 0 amide bonds. The minimum Gasteiger partial charge on any atom is -0.456 e. The number of hydrogen-bond donors (Lipinski definition) is 2. The number of benzene rings is 7. The Morgan fingerprint density at radius 2 is 1.25 bits per heavy atom. The van der Waals surface area contributed by atoms with E-state index in [1.54, 1.807) is 11.3 Å². The number of hydrogen-bond acceptors (Lipinski definition) is 6. The van der Waals surface area contributed by atoms with Gasteiger partial charge in [0.25, 0.3) is 0 Å². The van der Waals surface area contributed by atoms with Crippen molar-refractivity contribution in [3.63, 3.8) is 0 Å². The Kier molecular flexibility index (Phi) is 7.06. The second-order valence-electron chi connectivity index (χ2n) is 12.9. The maximum Gasteiger partial charge on any atom is 0.143 e. The minimum absolute atomic E-state index is 0.479. The summed E-state index contributed by atoms with van der Waals surface area (Å²) in [6.07, 6.45) is 0.937. The van der Waals surface area contributed by atoms with Crippen LogP contribution in [0.5, 0.6) is 0 Å². The van der Waals surface area contributed by atoms with E-state index in [4.69, 9.17) is 19.6 Å². The van der Waals surface area contributed by atoms with Gasteiger partial charge in [-0.25, -0.2) is 0 Å². The molecule has 0 aliphatic carbocycles. The molecule has 5 nitrogen and oxygen atoms in total. The predicted octanol–water partition coefficient (Wildman–Crippen LogP) is 11.9. The Bertz CT molecular complexity index is 2940. The van der Waals surface area contributed by atoms with Crippen molar-refractivity contribution in [2.75, 3.05) is 0 Å². The van der Waals surface area contributed by atoms with Gasteiger partial charge in [-0.15, -0.1) is 11.3 Å². The Morgan fingerprint density at radius 1 is 0.569 bits per heavy atom. The van der Waals surface area contributed by atoms with Crippen molar-refractivity contribution in [3.05, 3.63) is 168 Å². The molecule has 2 atom stereocenters. The summed E-state index contributed by atoms with van der Waals surface area (Å²) >= 11 is 1.79. The Morgan fingerprint density at radius 3 is 2.16 bits per heavy atom. The lowest BCUT2D eigenvalue weighted by Gasteiger charge is -2.21. The van der Waals surface area contributed by atoms with Gasteiger partial charge >= 0.3 is 0 Å². The van der Waals surface area contributed by atoms with Gasteiger partial charge in [-0.1, -0.05) is 121 Å². The molecule has 3 aromatic heterocycles. The van der Waals surface area contributed by atoms with Crippen molar-refractivity contribution < 1.29 is 8.83 Å². The molecule has 3 N–H and O–H groups in total. The van der Waals surface area contributed by atoms with E-state index in [-0.39, 0.29) is 0 Å². The summed E-state index contributed by atoms with van der Waals surface area (Å²) in [5.74, 6) is 0. The van der Waals surface area contributed by atoms with Gasteiger partial charge in [-0.2, -0.15) is 0 Å². The van der Waals surface area contributed by atoms with E-state index in [9.17, 15) is 0 Å². The van der Waals surface area contributed by atoms with Gasteiger partial charge in [-0.3, -0.25) is 10.3 Å². The first-order chi connectivity index (χ1) is 25.2. The average Bonchev–Trinajstić information content (AvgIpc) is 3.87. The van der Waals surface area contributed by atoms with Gasteiger partial charge < -0.3 is 14.6 Å². The molecule has 0 aliphatic rings. The average molecular weight is 678 g/mol. The number of nitrogens with two attached hydrogens (primary N) is 1. The van der Waals surface area contributed by atoms with Crippen molar-refractivity contribution in [3.8, 4) is 11.1 Å². The lowest BCUT2D eigenvalue weighted by atomic mass is 10.0. The third kappa shape index (κ3) is 5.12. The van der Waals surface area contributed by atoms with E-state index >= 15 is 0 Å². The lowest BCUT2D eigenvalue weighted by Crippen LogP contribution is -2.31. The van der Waals surface area contributed by atoms with Crippen molar-refractivity contribution >= 4 is 81.6 Å². The van der Waals surface area contributed by atoms with Crippen LogP contribution in [0.1, 0.15) is 29.0 Å². The largest absolute Gasteiger partial charge is 0.456 e. The minimum atomic E-state index is -0.480. The summed E-state index contributed by atoms with van der Waals surface area (Å²) in [4.78, 5) is 5.08. The topological polar surface area (TPSA) is 76.7 Å². The molecule has 3 heterocycles. The molecule has 6 heteroatoms.